The minimum Gasteiger partial charge on any atom is -0.354 e. The van der Waals surface area contributed by atoms with E-state index in [1.807, 2.05) is 0 Å². The van der Waals surface area contributed by atoms with Crippen LogP contribution in [-0.2, 0) is 9.59 Å². The van der Waals surface area contributed by atoms with Crippen molar-refractivity contribution in [2.45, 2.75) is 91.5 Å². The summed E-state index contributed by atoms with van der Waals surface area (Å²) in [5.74, 6) is 0.525. The van der Waals surface area contributed by atoms with E-state index in [-0.39, 0.29) is 23.8 Å². The van der Waals surface area contributed by atoms with Crippen molar-refractivity contribution < 1.29 is 14.4 Å². The van der Waals surface area contributed by atoms with Crippen molar-refractivity contribution in [3.05, 3.63) is 0 Å². The third-order valence-electron chi connectivity index (χ3n) is 6.74. The van der Waals surface area contributed by atoms with Crippen LogP contribution in [0.5, 0.6) is 0 Å². The molecule has 0 radical (unpaired) electrons. The molecule has 1 unspecified atom stereocenters. The van der Waals surface area contributed by atoms with Crippen molar-refractivity contribution in [2.75, 3.05) is 13.1 Å². The van der Waals surface area contributed by atoms with Gasteiger partial charge in [0.2, 0.25) is 5.91 Å². The quantitative estimate of drug-likeness (QED) is 0.615. The molecule has 1 saturated carbocycles. The molecule has 2 fully saturated rings. The Kier molecular flexibility index (Phi) is 7.52. The van der Waals surface area contributed by atoms with E-state index >= 15 is 0 Å². The smallest absolute Gasteiger partial charge is 0.325 e. The van der Waals surface area contributed by atoms with Crippen molar-refractivity contribution in [3.8, 4) is 0 Å². The van der Waals surface area contributed by atoms with Crippen LogP contribution < -0.4 is 10.6 Å². The van der Waals surface area contributed by atoms with E-state index < -0.39 is 11.6 Å². The summed E-state index contributed by atoms with van der Waals surface area (Å²) in [4.78, 5) is 38.9. The average molecular weight is 394 g/mol. The molecule has 4 amide bonds. The fourth-order valence-electron chi connectivity index (χ4n) is 4.54. The Hall–Kier alpha value is -1.59. The maximum Gasteiger partial charge on any atom is 0.325 e. The first-order valence-corrected chi connectivity index (χ1v) is 11.0. The van der Waals surface area contributed by atoms with Crippen LogP contribution in [0.4, 0.5) is 4.79 Å². The number of unbranched alkanes of at least 4 members (excludes halogenated alkanes) is 1. The zero-order chi connectivity index (χ0) is 20.9. The molecule has 2 aliphatic rings. The molecule has 1 heterocycles. The Morgan fingerprint density at radius 3 is 2.43 bits per heavy atom. The molecule has 160 valence electrons. The second kappa shape index (κ2) is 9.27. The lowest BCUT2D eigenvalue weighted by atomic mass is 9.67. The Bertz CT molecular complexity index is 574. The molecule has 0 aromatic rings. The molecular weight excluding hydrogens is 354 g/mol. The Labute approximate surface area is 170 Å². The highest BCUT2D eigenvalue weighted by atomic mass is 16.2. The molecule has 1 aliphatic heterocycles. The van der Waals surface area contributed by atoms with E-state index in [9.17, 15) is 14.4 Å². The number of hydrogen-bond acceptors (Lipinski definition) is 3. The Balaban J connectivity index is 1.89. The number of rotatable bonds is 8. The number of carbonyl (C=O) groups excluding carboxylic acids is 3. The zero-order valence-corrected chi connectivity index (χ0v) is 18.4. The molecule has 1 aliphatic carbocycles. The lowest BCUT2D eigenvalue weighted by molar-refractivity contribution is -0.136. The molecule has 0 bridgehead atoms. The zero-order valence-electron chi connectivity index (χ0n) is 18.4. The van der Waals surface area contributed by atoms with Gasteiger partial charge in [-0.2, -0.15) is 0 Å². The number of nitrogens with one attached hydrogen (secondary N) is 2. The summed E-state index contributed by atoms with van der Waals surface area (Å²) < 4.78 is 0. The van der Waals surface area contributed by atoms with E-state index in [1.165, 1.54) is 0 Å². The van der Waals surface area contributed by atoms with Crippen LogP contribution in [0.25, 0.3) is 0 Å². The predicted molar refractivity (Wildman–Crippen MR) is 111 cm³/mol. The number of urea groups is 1. The van der Waals surface area contributed by atoms with Gasteiger partial charge in [0.15, 0.2) is 0 Å². The fraction of sp³-hybridized carbons (Fsp3) is 0.864. The molecule has 2 rings (SSSR count). The number of amides is 4. The van der Waals surface area contributed by atoms with E-state index in [2.05, 4.69) is 45.3 Å². The number of hydrogen-bond donors (Lipinski definition) is 2. The monoisotopic (exact) mass is 393 g/mol. The lowest BCUT2D eigenvalue weighted by Crippen LogP contribution is -2.51. The summed E-state index contributed by atoms with van der Waals surface area (Å²) in [7, 11) is 0. The predicted octanol–water partition coefficient (Wildman–Crippen LogP) is 3.85. The summed E-state index contributed by atoms with van der Waals surface area (Å²) in [5, 5.41) is 5.82. The summed E-state index contributed by atoms with van der Waals surface area (Å²) in [6.45, 7) is 11.4. The minimum absolute atomic E-state index is 0.181. The van der Waals surface area contributed by atoms with Gasteiger partial charge in [-0.05, 0) is 49.4 Å². The molecule has 6 heteroatoms. The molecule has 6 nitrogen and oxygen atoms in total. The summed E-state index contributed by atoms with van der Waals surface area (Å²) in [6, 6.07) is -0.424. The first-order valence-electron chi connectivity index (χ1n) is 11.0. The van der Waals surface area contributed by atoms with Gasteiger partial charge in [0, 0.05) is 6.54 Å². The van der Waals surface area contributed by atoms with E-state index in [0.717, 1.165) is 43.4 Å². The first kappa shape index (κ1) is 22.7. The van der Waals surface area contributed by atoms with Crippen LogP contribution in [0.15, 0.2) is 0 Å². The van der Waals surface area contributed by atoms with Gasteiger partial charge in [-0.15, -0.1) is 0 Å². The van der Waals surface area contributed by atoms with Crippen LogP contribution in [0.1, 0.15) is 86.0 Å². The van der Waals surface area contributed by atoms with Crippen LogP contribution >= 0.6 is 0 Å². The van der Waals surface area contributed by atoms with Crippen LogP contribution in [0, 0.1) is 17.3 Å². The van der Waals surface area contributed by atoms with E-state index in [1.54, 1.807) is 0 Å². The fourth-order valence-corrected chi connectivity index (χ4v) is 4.54. The van der Waals surface area contributed by atoms with Gasteiger partial charge in [0.25, 0.3) is 5.91 Å². The third-order valence-corrected chi connectivity index (χ3v) is 6.74. The van der Waals surface area contributed by atoms with Crippen molar-refractivity contribution in [1.29, 1.82) is 0 Å². The van der Waals surface area contributed by atoms with E-state index in [4.69, 9.17) is 0 Å². The van der Waals surface area contributed by atoms with Crippen LogP contribution in [-0.4, -0.2) is 41.4 Å². The number of carbonyl (C=O) groups is 3. The topological polar surface area (TPSA) is 78.5 Å². The molecule has 1 spiro atoms. The number of imide groups is 1. The van der Waals surface area contributed by atoms with Gasteiger partial charge in [-0.1, -0.05) is 53.9 Å². The van der Waals surface area contributed by atoms with Gasteiger partial charge in [-0.25, -0.2) is 4.79 Å². The Morgan fingerprint density at radius 1 is 1.25 bits per heavy atom. The molecular formula is C22H39N3O3. The average Bonchev–Trinajstić information content (AvgIpc) is 2.85. The lowest BCUT2D eigenvalue weighted by Gasteiger charge is -2.40. The molecule has 1 atom stereocenters. The standard InChI is InChI=1S/C22H39N3O3/c1-6-8-9-16(7-2)14-23-18(26)15-25-19(27)22(24-20(25)28)12-10-17(11-13-22)21(3,4)5/h16-17H,6-15H2,1-5H3,(H,23,26)(H,24,28). The highest BCUT2D eigenvalue weighted by Gasteiger charge is 2.53. The molecule has 1 saturated heterocycles. The summed E-state index contributed by atoms with van der Waals surface area (Å²) >= 11 is 0. The second-order valence-corrected chi connectivity index (χ2v) is 9.76. The molecule has 28 heavy (non-hydrogen) atoms. The van der Waals surface area contributed by atoms with Crippen LogP contribution in [0.2, 0.25) is 0 Å². The molecule has 0 aromatic heterocycles. The molecule has 0 aromatic carbocycles. The molecule has 2 N–H and O–H groups in total. The summed E-state index contributed by atoms with van der Waals surface area (Å²) in [5.41, 5.74) is -0.591. The van der Waals surface area contributed by atoms with Crippen molar-refractivity contribution in [3.63, 3.8) is 0 Å². The summed E-state index contributed by atoms with van der Waals surface area (Å²) in [6.07, 6.45) is 7.57. The van der Waals surface area contributed by atoms with Gasteiger partial charge in [0.05, 0.1) is 0 Å². The van der Waals surface area contributed by atoms with Crippen LogP contribution in [0.3, 0.4) is 0 Å². The largest absolute Gasteiger partial charge is 0.354 e. The minimum atomic E-state index is -0.799. The van der Waals surface area contributed by atoms with Gasteiger partial charge in [0.1, 0.15) is 12.1 Å². The van der Waals surface area contributed by atoms with Crippen molar-refractivity contribution >= 4 is 17.8 Å². The highest BCUT2D eigenvalue weighted by molar-refractivity contribution is 6.09. The second-order valence-electron chi connectivity index (χ2n) is 9.76. The van der Waals surface area contributed by atoms with E-state index in [0.29, 0.717) is 31.2 Å². The normalized spacial score (nSPS) is 26.5. The highest BCUT2D eigenvalue weighted by Crippen LogP contribution is 2.43. The van der Waals surface area contributed by atoms with Gasteiger partial charge < -0.3 is 10.6 Å². The van der Waals surface area contributed by atoms with Crippen molar-refractivity contribution in [1.82, 2.24) is 15.5 Å². The SMILES string of the molecule is CCCCC(CC)CNC(=O)CN1C(=O)NC2(CCC(C(C)(C)C)CC2)C1=O. The van der Waals surface area contributed by atoms with Gasteiger partial charge >= 0.3 is 6.03 Å². The maximum absolute atomic E-state index is 13.0. The number of nitrogens with zero attached hydrogens (tertiary/aromatic N) is 1. The van der Waals surface area contributed by atoms with Crippen molar-refractivity contribution in [2.24, 2.45) is 17.3 Å². The maximum atomic E-state index is 13.0. The van der Waals surface area contributed by atoms with Gasteiger partial charge in [-0.3, -0.25) is 14.5 Å². The third kappa shape index (κ3) is 5.26. The Morgan fingerprint density at radius 2 is 1.89 bits per heavy atom. The first-order chi connectivity index (χ1) is 13.1.